The number of carbonyl (C=O) groups excluding carboxylic acids is 2. The lowest BCUT2D eigenvalue weighted by atomic mass is 9.87. The fraction of sp³-hybridized carbons (Fsp3) is 0.440. The van der Waals surface area contributed by atoms with Gasteiger partial charge in [-0.1, -0.05) is 18.2 Å². The lowest BCUT2D eigenvalue weighted by Crippen LogP contribution is -2.60. The molecule has 0 spiro atoms. The Hall–Kier alpha value is -3.68. The fourth-order valence-corrected chi connectivity index (χ4v) is 4.82. The number of nitrogens with zero attached hydrogens (tertiary/aromatic N) is 3. The van der Waals surface area contributed by atoms with Gasteiger partial charge < -0.3 is 19.5 Å². The van der Waals surface area contributed by atoms with Crippen molar-refractivity contribution < 1.29 is 24.1 Å². The Kier molecular flexibility index (Phi) is 7.19. The second kappa shape index (κ2) is 10.3. The zero-order chi connectivity index (χ0) is 25.1. The highest BCUT2D eigenvalue weighted by Gasteiger charge is 2.42. The molecule has 2 aromatic rings. The molecule has 0 unspecified atom stereocenters. The number of hydroxylamine groups is 1. The van der Waals surface area contributed by atoms with Gasteiger partial charge in [0.2, 0.25) is 11.8 Å². The molecule has 1 aromatic heterocycles. The molecule has 3 heterocycles. The number of piperidine rings is 1. The summed E-state index contributed by atoms with van der Waals surface area (Å²) in [5.41, 5.74) is 6.43. The van der Waals surface area contributed by atoms with Crippen molar-refractivity contribution in [1.82, 2.24) is 20.9 Å². The van der Waals surface area contributed by atoms with Gasteiger partial charge in [-0.3, -0.25) is 14.8 Å². The second-order valence-corrected chi connectivity index (χ2v) is 9.08. The predicted molar refractivity (Wildman–Crippen MR) is 125 cm³/mol. The molecule has 2 aliphatic rings. The lowest BCUT2D eigenvalue weighted by molar-refractivity contribution is -0.145. The summed E-state index contributed by atoms with van der Waals surface area (Å²) in [6.45, 7) is 6.86. The summed E-state index contributed by atoms with van der Waals surface area (Å²) in [5.74, 6) is -0.739. The van der Waals surface area contributed by atoms with Gasteiger partial charge in [0.05, 0.1) is 23.6 Å². The fourth-order valence-electron chi connectivity index (χ4n) is 4.82. The van der Waals surface area contributed by atoms with E-state index in [4.69, 9.17) is 9.26 Å². The molecular weight excluding hydrogens is 450 g/mol. The van der Waals surface area contributed by atoms with Gasteiger partial charge in [0.25, 0.3) is 5.88 Å². The first-order valence-electron chi connectivity index (χ1n) is 11.6. The predicted octanol–water partition coefficient (Wildman–Crippen LogP) is 2.02. The number of hydrogen-bond acceptors (Lipinski definition) is 8. The van der Waals surface area contributed by atoms with E-state index in [1.165, 1.54) is 0 Å². The van der Waals surface area contributed by atoms with Crippen LogP contribution in [0.5, 0.6) is 5.88 Å². The highest BCUT2D eigenvalue weighted by molar-refractivity contribution is 5.90. The van der Waals surface area contributed by atoms with Crippen LogP contribution >= 0.6 is 0 Å². The van der Waals surface area contributed by atoms with E-state index in [1.807, 2.05) is 32.1 Å². The first kappa shape index (κ1) is 24.4. The van der Waals surface area contributed by atoms with E-state index in [1.54, 1.807) is 23.4 Å². The number of aryl methyl sites for hydroxylation is 3. The molecule has 2 aliphatic heterocycles. The Labute approximate surface area is 203 Å². The average Bonchev–Trinajstić information content (AvgIpc) is 3.27. The van der Waals surface area contributed by atoms with Crippen molar-refractivity contribution in [1.29, 1.82) is 5.26 Å². The molecule has 10 nitrogen and oxygen atoms in total. The molecule has 0 bridgehead atoms. The Morgan fingerprint density at radius 1 is 1.29 bits per heavy atom. The number of amides is 2. The molecule has 184 valence electrons. The standard InChI is InChI=1S/C25H29N5O5/c1-14-8-18(9-15(2)21(14)12-26)17-4-6-30(7-5-17)25(32)23-20(24(31)28-33)11-19(13-27-23)34-22-10-16(3)35-29-22/h4,8-10,19-20,23,27,33H,5-7,11,13H2,1-3H3,(H,28,31)/t19-,20-,23-/m0/s1. The van der Waals surface area contributed by atoms with Crippen LogP contribution in [-0.2, 0) is 9.59 Å². The molecule has 10 heteroatoms. The summed E-state index contributed by atoms with van der Waals surface area (Å²) >= 11 is 0. The molecule has 1 saturated heterocycles. The van der Waals surface area contributed by atoms with Crippen molar-refractivity contribution in [2.75, 3.05) is 19.6 Å². The molecule has 0 radical (unpaired) electrons. The first-order valence-corrected chi connectivity index (χ1v) is 11.6. The minimum atomic E-state index is -0.812. The van der Waals surface area contributed by atoms with Gasteiger partial charge in [-0.25, -0.2) is 5.48 Å². The first-order chi connectivity index (χ1) is 16.8. The highest BCUT2D eigenvalue weighted by Crippen LogP contribution is 2.28. The number of benzene rings is 1. The maximum atomic E-state index is 13.4. The minimum Gasteiger partial charge on any atom is -0.471 e. The van der Waals surface area contributed by atoms with Gasteiger partial charge in [-0.05, 0) is 61.0 Å². The molecule has 1 aromatic carbocycles. The van der Waals surface area contributed by atoms with E-state index >= 15 is 0 Å². The zero-order valence-corrected chi connectivity index (χ0v) is 20.0. The van der Waals surface area contributed by atoms with E-state index in [-0.39, 0.29) is 12.3 Å². The van der Waals surface area contributed by atoms with Crippen LogP contribution in [0.15, 0.2) is 28.8 Å². The highest BCUT2D eigenvalue weighted by atomic mass is 16.5. The number of rotatable bonds is 5. The topological polar surface area (TPSA) is 141 Å². The van der Waals surface area contributed by atoms with E-state index in [0.717, 1.165) is 22.3 Å². The van der Waals surface area contributed by atoms with Gasteiger partial charge in [-0.15, -0.1) is 0 Å². The Bertz CT molecular complexity index is 1170. The van der Waals surface area contributed by atoms with E-state index in [0.29, 0.717) is 43.3 Å². The van der Waals surface area contributed by atoms with Gasteiger partial charge >= 0.3 is 0 Å². The Morgan fingerprint density at radius 2 is 2.03 bits per heavy atom. The third-order valence-electron chi connectivity index (χ3n) is 6.63. The number of aromatic nitrogens is 1. The molecular formula is C25H29N5O5. The van der Waals surface area contributed by atoms with Crippen LogP contribution < -0.4 is 15.5 Å². The van der Waals surface area contributed by atoms with Crippen LogP contribution in [0.3, 0.4) is 0 Å². The molecule has 35 heavy (non-hydrogen) atoms. The van der Waals surface area contributed by atoms with Crippen molar-refractivity contribution in [2.45, 2.75) is 45.8 Å². The minimum absolute atomic E-state index is 0.197. The lowest BCUT2D eigenvalue weighted by Gasteiger charge is -2.38. The Balaban J connectivity index is 1.44. The summed E-state index contributed by atoms with van der Waals surface area (Å²) < 4.78 is 10.8. The van der Waals surface area contributed by atoms with Crippen molar-refractivity contribution in [3.8, 4) is 11.9 Å². The Morgan fingerprint density at radius 3 is 2.60 bits per heavy atom. The largest absolute Gasteiger partial charge is 0.471 e. The molecule has 3 N–H and O–H groups in total. The van der Waals surface area contributed by atoms with Crippen molar-refractivity contribution in [3.63, 3.8) is 0 Å². The molecule has 0 aliphatic carbocycles. The summed E-state index contributed by atoms with van der Waals surface area (Å²) in [4.78, 5) is 27.5. The SMILES string of the molecule is Cc1cc(O[C@@H]2CN[C@H](C(=O)N3CC=C(c4cc(C)c(C#N)c(C)c4)CC3)[C@@H](C(=O)NO)C2)no1. The maximum Gasteiger partial charge on any atom is 0.254 e. The molecule has 4 rings (SSSR count). The number of nitriles is 1. The van der Waals surface area contributed by atoms with Crippen LogP contribution in [0.25, 0.3) is 5.57 Å². The second-order valence-electron chi connectivity index (χ2n) is 9.08. The van der Waals surface area contributed by atoms with Crippen molar-refractivity contribution in [3.05, 3.63) is 52.3 Å². The van der Waals surface area contributed by atoms with Crippen molar-refractivity contribution in [2.24, 2.45) is 5.92 Å². The van der Waals surface area contributed by atoms with Gasteiger partial charge in [0.15, 0.2) is 0 Å². The van der Waals surface area contributed by atoms with Gasteiger partial charge in [-0.2, -0.15) is 5.26 Å². The third kappa shape index (κ3) is 5.21. The summed E-state index contributed by atoms with van der Waals surface area (Å²) in [6.07, 6.45) is 2.50. The zero-order valence-electron chi connectivity index (χ0n) is 20.0. The number of ether oxygens (including phenoxy) is 1. The summed E-state index contributed by atoms with van der Waals surface area (Å²) in [7, 11) is 0. The number of carbonyl (C=O) groups is 2. The normalized spacial score (nSPS) is 22.2. The van der Waals surface area contributed by atoms with Gasteiger partial charge in [0, 0.05) is 25.7 Å². The average molecular weight is 480 g/mol. The van der Waals surface area contributed by atoms with Crippen LogP contribution in [0.4, 0.5) is 0 Å². The summed E-state index contributed by atoms with van der Waals surface area (Å²) in [5, 5.41) is 25.5. The van der Waals surface area contributed by atoms with Crippen LogP contribution in [0.1, 0.15) is 40.9 Å². The molecule has 0 saturated carbocycles. The van der Waals surface area contributed by atoms with E-state index in [9.17, 15) is 20.1 Å². The summed E-state index contributed by atoms with van der Waals surface area (Å²) in [6, 6.07) is 7.12. The monoisotopic (exact) mass is 479 g/mol. The number of hydrogen-bond donors (Lipinski definition) is 3. The third-order valence-corrected chi connectivity index (χ3v) is 6.63. The quantitative estimate of drug-likeness (QED) is 0.437. The molecule has 1 fully saturated rings. The van der Waals surface area contributed by atoms with Crippen LogP contribution in [0.2, 0.25) is 0 Å². The molecule has 3 atom stereocenters. The van der Waals surface area contributed by atoms with Gasteiger partial charge in [0.1, 0.15) is 11.9 Å². The van der Waals surface area contributed by atoms with Crippen molar-refractivity contribution >= 4 is 17.4 Å². The van der Waals surface area contributed by atoms with E-state index in [2.05, 4.69) is 16.5 Å². The van der Waals surface area contributed by atoms with Crippen LogP contribution in [0, 0.1) is 38.0 Å². The smallest absolute Gasteiger partial charge is 0.254 e. The molecule has 2 amide bonds. The number of nitrogens with one attached hydrogen (secondary N) is 2. The van der Waals surface area contributed by atoms with Crippen LogP contribution in [-0.4, -0.2) is 58.9 Å². The van der Waals surface area contributed by atoms with E-state index < -0.39 is 24.0 Å². The maximum absolute atomic E-state index is 13.4.